The average Bonchev–Trinajstić information content (AvgIpc) is 3.34. The van der Waals surface area contributed by atoms with Crippen molar-refractivity contribution in [3.63, 3.8) is 0 Å². The largest absolute Gasteiger partial charge is 0.463 e. The molecule has 2 aliphatic rings. The van der Waals surface area contributed by atoms with E-state index < -0.39 is 5.54 Å². The minimum Gasteiger partial charge on any atom is -0.463 e. The van der Waals surface area contributed by atoms with Crippen LogP contribution in [-0.4, -0.2) is 32.9 Å². The fourth-order valence-corrected chi connectivity index (χ4v) is 5.37. The molecular weight excluding hydrogens is 458 g/mol. The standard InChI is InChI=1S/C24H26BrN3O3/c1-24(23(30)26-18-8-3-2-4-9-18)15-27-19-10-11-31-21(19)13-20(27)22(29)28(24)14-16-6-5-7-17(25)12-16/h5-7,10-13,18H,2-4,8-9,14-15H2,1H3,(H,26,30). The van der Waals surface area contributed by atoms with E-state index in [1.165, 1.54) is 6.42 Å². The van der Waals surface area contributed by atoms with Crippen molar-refractivity contribution in [3.8, 4) is 0 Å². The zero-order valence-electron chi connectivity index (χ0n) is 17.6. The van der Waals surface area contributed by atoms with E-state index in [1.54, 1.807) is 17.2 Å². The monoisotopic (exact) mass is 483 g/mol. The van der Waals surface area contributed by atoms with Crippen LogP contribution in [0.2, 0.25) is 0 Å². The summed E-state index contributed by atoms with van der Waals surface area (Å²) in [5, 5.41) is 3.26. The van der Waals surface area contributed by atoms with Crippen LogP contribution in [0.4, 0.5) is 0 Å². The fourth-order valence-electron chi connectivity index (χ4n) is 4.93. The maximum absolute atomic E-state index is 13.7. The number of nitrogens with zero attached hydrogens (tertiary/aromatic N) is 2. The third-order valence-electron chi connectivity index (χ3n) is 6.71. The smallest absolute Gasteiger partial charge is 0.271 e. The highest BCUT2D eigenvalue weighted by Crippen LogP contribution is 2.34. The summed E-state index contributed by atoms with van der Waals surface area (Å²) in [5.41, 5.74) is 2.05. The van der Waals surface area contributed by atoms with Gasteiger partial charge in [-0.1, -0.05) is 47.3 Å². The van der Waals surface area contributed by atoms with Gasteiger partial charge in [0.05, 0.1) is 18.3 Å². The Morgan fingerprint density at radius 1 is 1.23 bits per heavy atom. The van der Waals surface area contributed by atoms with Gasteiger partial charge in [-0.15, -0.1) is 0 Å². The zero-order valence-corrected chi connectivity index (χ0v) is 19.2. The molecule has 162 valence electrons. The SMILES string of the molecule is CC1(C(=O)NC2CCCCC2)Cn2c(cc3occc32)C(=O)N1Cc1cccc(Br)c1. The molecule has 1 N–H and O–H groups in total. The van der Waals surface area contributed by atoms with Crippen LogP contribution in [-0.2, 0) is 17.9 Å². The van der Waals surface area contributed by atoms with E-state index >= 15 is 0 Å². The second kappa shape index (κ2) is 7.86. The van der Waals surface area contributed by atoms with Crippen molar-refractivity contribution < 1.29 is 14.0 Å². The molecule has 2 amide bonds. The summed E-state index contributed by atoms with van der Waals surface area (Å²) >= 11 is 3.51. The zero-order chi connectivity index (χ0) is 21.6. The molecule has 6 nitrogen and oxygen atoms in total. The molecule has 0 radical (unpaired) electrons. The third kappa shape index (κ3) is 3.59. The van der Waals surface area contributed by atoms with Gasteiger partial charge in [-0.25, -0.2) is 0 Å². The number of carbonyl (C=O) groups excluding carboxylic acids is 2. The Balaban J connectivity index is 1.53. The highest BCUT2D eigenvalue weighted by molar-refractivity contribution is 9.10. The quantitative estimate of drug-likeness (QED) is 0.575. The van der Waals surface area contributed by atoms with Crippen molar-refractivity contribution in [2.45, 2.75) is 63.7 Å². The number of benzene rings is 1. The van der Waals surface area contributed by atoms with Gasteiger partial charge in [0.15, 0.2) is 5.58 Å². The number of fused-ring (bicyclic) bond motifs is 3. The number of halogens is 1. The van der Waals surface area contributed by atoms with Crippen molar-refractivity contribution in [3.05, 3.63) is 58.4 Å². The molecule has 1 fully saturated rings. The van der Waals surface area contributed by atoms with Crippen LogP contribution in [0.25, 0.3) is 11.1 Å². The van der Waals surface area contributed by atoms with Crippen LogP contribution in [0.5, 0.6) is 0 Å². The summed E-state index contributed by atoms with van der Waals surface area (Å²) < 4.78 is 8.42. The molecule has 1 saturated carbocycles. The fraction of sp³-hybridized carbons (Fsp3) is 0.417. The Kier molecular flexibility index (Phi) is 5.16. The van der Waals surface area contributed by atoms with Crippen LogP contribution in [0.1, 0.15) is 55.1 Å². The van der Waals surface area contributed by atoms with Crippen molar-refractivity contribution >= 4 is 38.8 Å². The van der Waals surface area contributed by atoms with Crippen molar-refractivity contribution in [2.75, 3.05) is 0 Å². The van der Waals surface area contributed by atoms with Crippen molar-refractivity contribution in [1.82, 2.24) is 14.8 Å². The van der Waals surface area contributed by atoms with Gasteiger partial charge in [0.1, 0.15) is 11.2 Å². The number of furan rings is 1. The first-order valence-electron chi connectivity index (χ1n) is 10.9. The van der Waals surface area contributed by atoms with E-state index in [4.69, 9.17) is 4.42 Å². The Hall–Kier alpha value is -2.54. The average molecular weight is 484 g/mol. The topological polar surface area (TPSA) is 67.5 Å². The number of carbonyl (C=O) groups is 2. The Morgan fingerprint density at radius 2 is 2.03 bits per heavy atom. The third-order valence-corrected chi connectivity index (χ3v) is 7.20. The summed E-state index contributed by atoms with van der Waals surface area (Å²) in [7, 11) is 0. The minimum absolute atomic E-state index is 0.0845. The molecule has 1 aromatic carbocycles. The highest BCUT2D eigenvalue weighted by atomic mass is 79.9. The summed E-state index contributed by atoms with van der Waals surface area (Å²) in [6.07, 6.45) is 7.13. The lowest BCUT2D eigenvalue weighted by Gasteiger charge is -2.44. The summed E-state index contributed by atoms with van der Waals surface area (Å²) in [4.78, 5) is 29.0. The lowest BCUT2D eigenvalue weighted by atomic mass is 9.91. The van der Waals surface area contributed by atoms with Gasteiger partial charge in [0.2, 0.25) is 5.91 Å². The first-order valence-corrected chi connectivity index (χ1v) is 11.7. The van der Waals surface area contributed by atoms with E-state index in [9.17, 15) is 9.59 Å². The predicted octanol–water partition coefficient (Wildman–Crippen LogP) is 4.86. The van der Waals surface area contributed by atoms with E-state index in [1.807, 2.05) is 41.8 Å². The first kappa shape index (κ1) is 20.4. The molecule has 0 saturated heterocycles. The maximum atomic E-state index is 13.7. The Labute approximate surface area is 189 Å². The molecule has 2 aromatic heterocycles. The van der Waals surface area contributed by atoms with Gasteiger partial charge in [0.25, 0.3) is 5.91 Å². The lowest BCUT2D eigenvalue weighted by Crippen LogP contribution is -2.64. The number of rotatable bonds is 4. The Morgan fingerprint density at radius 3 is 2.81 bits per heavy atom. The van der Waals surface area contributed by atoms with Gasteiger partial charge >= 0.3 is 0 Å². The van der Waals surface area contributed by atoms with E-state index in [0.29, 0.717) is 24.4 Å². The van der Waals surface area contributed by atoms with E-state index in [-0.39, 0.29) is 17.9 Å². The molecule has 1 unspecified atom stereocenters. The number of amides is 2. The second-order valence-electron chi connectivity index (χ2n) is 8.89. The van der Waals surface area contributed by atoms with Crippen molar-refractivity contribution in [1.29, 1.82) is 0 Å². The summed E-state index contributed by atoms with van der Waals surface area (Å²) in [6.45, 7) is 2.64. The number of hydrogen-bond donors (Lipinski definition) is 1. The van der Waals surface area contributed by atoms with Crippen LogP contribution >= 0.6 is 15.9 Å². The molecule has 5 rings (SSSR count). The van der Waals surface area contributed by atoms with Crippen LogP contribution in [0.15, 0.2) is 51.6 Å². The van der Waals surface area contributed by atoms with Gasteiger partial charge in [-0.3, -0.25) is 9.59 Å². The van der Waals surface area contributed by atoms with Gasteiger partial charge in [-0.05, 0) is 37.5 Å². The normalized spacial score (nSPS) is 22.0. The molecule has 0 spiro atoms. The van der Waals surface area contributed by atoms with Gasteiger partial charge < -0.3 is 19.2 Å². The van der Waals surface area contributed by atoms with E-state index in [2.05, 4.69) is 21.2 Å². The summed E-state index contributed by atoms with van der Waals surface area (Å²) in [5.74, 6) is -0.238. The Bertz CT molecular complexity index is 1140. The molecule has 1 aliphatic heterocycles. The maximum Gasteiger partial charge on any atom is 0.271 e. The van der Waals surface area contributed by atoms with Crippen molar-refractivity contribution in [2.24, 2.45) is 0 Å². The number of aromatic nitrogens is 1. The van der Waals surface area contributed by atoms with E-state index in [0.717, 1.165) is 41.2 Å². The second-order valence-corrected chi connectivity index (χ2v) is 9.80. The predicted molar refractivity (Wildman–Crippen MR) is 122 cm³/mol. The lowest BCUT2D eigenvalue weighted by molar-refractivity contribution is -0.134. The number of nitrogens with one attached hydrogen (secondary N) is 1. The highest BCUT2D eigenvalue weighted by Gasteiger charge is 2.48. The molecule has 1 aliphatic carbocycles. The molecular formula is C24H26BrN3O3. The van der Waals surface area contributed by atoms with Crippen LogP contribution < -0.4 is 5.32 Å². The molecule has 7 heteroatoms. The molecule has 31 heavy (non-hydrogen) atoms. The molecule has 0 bridgehead atoms. The number of hydrogen-bond acceptors (Lipinski definition) is 3. The molecule has 3 heterocycles. The summed E-state index contributed by atoms with van der Waals surface area (Å²) in [6, 6.07) is 11.7. The van der Waals surface area contributed by atoms with Crippen LogP contribution in [0.3, 0.4) is 0 Å². The van der Waals surface area contributed by atoms with Gasteiger partial charge in [-0.2, -0.15) is 0 Å². The first-order chi connectivity index (χ1) is 15.0. The molecule has 3 aromatic rings. The minimum atomic E-state index is -1.01. The van der Waals surface area contributed by atoms with Crippen LogP contribution in [0, 0.1) is 0 Å². The molecule has 1 atom stereocenters. The van der Waals surface area contributed by atoms with Gasteiger partial charge in [0, 0.05) is 29.2 Å².